The molecule has 93 heavy (non-hydrogen) atoms. The Morgan fingerprint density at radius 3 is 1.09 bits per heavy atom. The van der Waals surface area contributed by atoms with Gasteiger partial charge in [-0.3, -0.25) is 0 Å². The lowest BCUT2D eigenvalue weighted by Crippen LogP contribution is -2.10. The lowest BCUT2D eigenvalue weighted by molar-refractivity contribution is 1.17. The largest absolute Gasteiger partial charge is 0.310 e. The van der Waals surface area contributed by atoms with Crippen molar-refractivity contribution < 1.29 is 0 Å². The molecule has 3 heterocycles. The third kappa shape index (κ3) is 9.08. The number of hydrogen-bond acceptors (Lipinski definition) is 2. The molecule has 0 aliphatic rings. The van der Waals surface area contributed by atoms with Crippen LogP contribution in [0.5, 0.6) is 0 Å². The average molecular weight is 1190 g/mol. The third-order valence-electron chi connectivity index (χ3n) is 18.7. The Balaban J connectivity index is 0.779. The van der Waals surface area contributed by atoms with Crippen LogP contribution in [0.15, 0.2) is 358 Å². The van der Waals surface area contributed by atoms with Gasteiger partial charge in [0.1, 0.15) is 0 Å². The van der Waals surface area contributed by atoms with E-state index in [9.17, 15) is 0 Å². The maximum absolute atomic E-state index is 2.47. The van der Waals surface area contributed by atoms with E-state index in [1.54, 1.807) is 0 Å². The summed E-state index contributed by atoms with van der Waals surface area (Å²) in [7, 11) is 0. The molecule has 3 aromatic heterocycles. The van der Waals surface area contributed by atoms with Crippen LogP contribution in [-0.4, -0.2) is 13.7 Å². The molecule has 0 saturated carbocycles. The highest BCUT2D eigenvalue weighted by Gasteiger charge is 2.23. The summed E-state index contributed by atoms with van der Waals surface area (Å²) in [5.41, 5.74) is 23.8. The standard InChI is InChI=1S/C88H59N5/c1-5-24-60(25-6-1)61-26-23-33-71(55-61)89(66-27-7-2-8-28-66)69-46-48-70(49-47-69)91-83-42-21-17-38-77(83)79-58-62(44-50-87(79)91)64-54-65(57-72(56-64)92-81-40-19-15-36-73(81)74-37-16-20-41-82(74)92)63-45-51-88-80(59-63)78-39-18-22-43-84(78)93(88)86-53-52-85(75-34-13-14-35-76(75)86)90(67-29-9-3-10-30-67)68-31-11-4-12-32-68/h1-59H. The van der Waals surface area contributed by atoms with Gasteiger partial charge in [-0.25, -0.2) is 0 Å². The van der Waals surface area contributed by atoms with E-state index in [0.717, 1.165) is 95.5 Å². The van der Waals surface area contributed by atoms with Crippen LogP contribution >= 0.6 is 0 Å². The first-order chi connectivity index (χ1) is 46.1. The quantitative estimate of drug-likeness (QED) is 0.122. The number of rotatable bonds is 12. The van der Waals surface area contributed by atoms with Crippen LogP contribution in [0.25, 0.3) is 127 Å². The Labute approximate surface area is 539 Å². The lowest BCUT2D eigenvalue weighted by Gasteiger charge is -2.27. The highest BCUT2D eigenvalue weighted by atomic mass is 15.2. The second-order valence-corrected chi connectivity index (χ2v) is 24.1. The van der Waals surface area contributed by atoms with E-state index in [0.29, 0.717) is 0 Å². The molecular formula is C88H59N5. The normalized spacial score (nSPS) is 11.7. The summed E-state index contributed by atoms with van der Waals surface area (Å²) in [5.74, 6) is 0. The second-order valence-electron chi connectivity index (χ2n) is 24.1. The molecule has 0 spiro atoms. The molecule has 0 amide bonds. The predicted octanol–water partition coefficient (Wildman–Crippen LogP) is 24.1. The molecule has 0 bridgehead atoms. The Kier molecular flexibility index (Phi) is 12.8. The van der Waals surface area contributed by atoms with E-state index in [2.05, 4.69) is 381 Å². The van der Waals surface area contributed by atoms with Crippen LogP contribution in [0.1, 0.15) is 0 Å². The van der Waals surface area contributed by atoms with Crippen LogP contribution in [0.4, 0.5) is 34.1 Å². The number of para-hydroxylation sites is 7. The summed E-state index contributed by atoms with van der Waals surface area (Å²) in [6, 6.07) is 131. The van der Waals surface area contributed by atoms with Gasteiger partial charge in [0, 0.05) is 82.9 Å². The van der Waals surface area contributed by atoms with Crippen LogP contribution in [-0.2, 0) is 0 Å². The zero-order valence-corrected chi connectivity index (χ0v) is 50.8. The number of aromatic nitrogens is 3. The Hall–Kier alpha value is -12.4. The van der Waals surface area contributed by atoms with E-state index in [1.807, 2.05) is 0 Å². The van der Waals surface area contributed by atoms with Gasteiger partial charge in [-0.15, -0.1) is 0 Å². The summed E-state index contributed by atoms with van der Waals surface area (Å²) in [4.78, 5) is 4.72. The van der Waals surface area contributed by atoms with Crippen molar-refractivity contribution in [1.82, 2.24) is 13.7 Å². The molecule has 0 saturated heterocycles. The molecule has 15 aromatic carbocycles. The van der Waals surface area contributed by atoms with Crippen molar-refractivity contribution in [3.63, 3.8) is 0 Å². The summed E-state index contributed by atoms with van der Waals surface area (Å²) >= 11 is 0. The summed E-state index contributed by atoms with van der Waals surface area (Å²) in [5, 5.41) is 9.61. The summed E-state index contributed by atoms with van der Waals surface area (Å²) in [6.07, 6.45) is 0. The molecule has 0 unspecified atom stereocenters. The molecule has 0 radical (unpaired) electrons. The van der Waals surface area contributed by atoms with Crippen molar-refractivity contribution >= 4 is 110 Å². The first kappa shape index (κ1) is 53.6. The molecular weight excluding hydrogens is 1130 g/mol. The minimum atomic E-state index is 1.08. The second kappa shape index (κ2) is 22.2. The zero-order chi connectivity index (χ0) is 61.3. The van der Waals surface area contributed by atoms with Gasteiger partial charge >= 0.3 is 0 Å². The molecule has 18 rings (SSSR count). The van der Waals surface area contributed by atoms with Crippen molar-refractivity contribution in [3.05, 3.63) is 358 Å². The zero-order valence-electron chi connectivity index (χ0n) is 50.8. The molecule has 0 aliphatic heterocycles. The van der Waals surface area contributed by atoms with Crippen molar-refractivity contribution in [1.29, 1.82) is 0 Å². The first-order valence-corrected chi connectivity index (χ1v) is 31.9. The minimum Gasteiger partial charge on any atom is -0.310 e. The van der Waals surface area contributed by atoms with Gasteiger partial charge in [0.15, 0.2) is 0 Å². The molecule has 18 aromatic rings. The number of anilines is 6. The van der Waals surface area contributed by atoms with E-state index in [-0.39, 0.29) is 0 Å². The van der Waals surface area contributed by atoms with Gasteiger partial charge in [0.2, 0.25) is 0 Å². The Bertz CT molecular complexity index is 5770. The highest BCUT2D eigenvalue weighted by Crippen LogP contribution is 2.46. The van der Waals surface area contributed by atoms with Crippen LogP contribution in [0.2, 0.25) is 0 Å². The van der Waals surface area contributed by atoms with Crippen molar-refractivity contribution in [2.24, 2.45) is 0 Å². The molecule has 0 aliphatic carbocycles. The third-order valence-corrected chi connectivity index (χ3v) is 18.7. The number of hydrogen-bond donors (Lipinski definition) is 0. The van der Waals surface area contributed by atoms with Gasteiger partial charge in [-0.05, 0) is 185 Å². The van der Waals surface area contributed by atoms with Gasteiger partial charge in [-0.2, -0.15) is 0 Å². The topological polar surface area (TPSA) is 21.3 Å². The van der Waals surface area contributed by atoms with E-state index in [1.165, 1.54) is 65.3 Å². The van der Waals surface area contributed by atoms with Crippen molar-refractivity contribution in [2.75, 3.05) is 9.80 Å². The van der Waals surface area contributed by atoms with Gasteiger partial charge in [0.25, 0.3) is 0 Å². The van der Waals surface area contributed by atoms with E-state index < -0.39 is 0 Å². The Morgan fingerprint density at radius 2 is 0.548 bits per heavy atom. The van der Waals surface area contributed by atoms with Gasteiger partial charge in [0.05, 0.1) is 44.5 Å². The predicted molar refractivity (Wildman–Crippen MR) is 393 cm³/mol. The van der Waals surface area contributed by atoms with Crippen LogP contribution in [0.3, 0.4) is 0 Å². The van der Waals surface area contributed by atoms with Crippen LogP contribution < -0.4 is 9.80 Å². The highest BCUT2D eigenvalue weighted by molar-refractivity contribution is 6.14. The minimum absolute atomic E-state index is 1.08. The number of nitrogens with zero attached hydrogens (tertiary/aromatic N) is 5. The fourth-order valence-electron chi connectivity index (χ4n) is 14.6. The first-order valence-electron chi connectivity index (χ1n) is 31.9. The number of fused-ring (bicyclic) bond motifs is 10. The molecule has 0 N–H and O–H groups in total. The molecule has 0 fully saturated rings. The SMILES string of the molecule is c1ccc(-c2cccc(N(c3ccccc3)c3ccc(-n4c5ccccc5c5cc(-c6cc(-c7ccc8c(c7)c7ccccc7n8-c7ccc(N(c8ccccc8)c8ccccc8)c8ccccc78)cc(-n7c8ccccc8c8ccccc87)c6)ccc54)cc3)c2)cc1. The van der Waals surface area contributed by atoms with Gasteiger partial charge in [-0.1, -0.05) is 206 Å². The molecule has 436 valence electrons. The molecule has 5 heteroatoms. The molecule has 5 nitrogen and oxygen atoms in total. The van der Waals surface area contributed by atoms with Gasteiger partial charge < -0.3 is 23.5 Å². The fourth-order valence-corrected chi connectivity index (χ4v) is 14.6. The van der Waals surface area contributed by atoms with Crippen LogP contribution in [0, 0.1) is 0 Å². The summed E-state index contributed by atoms with van der Waals surface area (Å²) in [6.45, 7) is 0. The van der Waals surface area contributed by atoms with E-state index in [4.69, 9.17) is 0 Å². The average Bonchev–Trinajstić information content (AvgIpc) is 1.64. The fraction of sp³-hybridized carbons (Fsp3) is 0. The lowest BCUT2D eigenvalue weighted by atomic mass is 9.96. The molecule has 0 atom stereocenters. The number of benzene rings is 15. The van der Waals surface area contributed by atoms with Crippen molar-refractivity contribution in [2.45, 2.75) is 0 Å². The summed E-state index contributed by atoms with van der Waals surface area (Å²) < 4.78 is 7.36. The van der Waals surface area contributed by atoms with Crippen molar-refractivity contribution in [3.8, 4) is 50.4 Å². The van der Waals surface area contributed by atoms with E-state index >= 15 is 0 Å². The maximum atomic E-state index is 2.47. The Morgan fingerprint density at radius 1 is 0.172 bits per heavy atom. The maximum Gasteiger partial charge on any atom is 0.0542 e. The monoisotopic (exact) mass is 1190 g/mol. The smallest absolute Gasteiger partial charge is 0.0542 e.